The fourth-order valence-corrected chi connectivity index (χ4v) is 3.21. The monoisotopic (exact) mass is 329 g/mol. The lowest BCUT2D eigenvalue weighted by atomic mass is 10.3. The zero-order valence-electron chi connectivity index (χ0n) is 12.7. The second-order valence-corrected chi connectivity index (χ2v) is 6.72. The molecule has 0 saturated heterocycles. The first-order valence-corrected chi connectivity index (χ1v) is 8.60. The zero-order chi connectivity index (χ0) is 16.7. The number of ether oxygens (including phenoxy) is 1. The minimum absolute atomic E-state index is 0.232. The summed E-state index contributed by atoms with van der Waals surface area (Å²) in [5, 5.41) is 3.10. The lowest BCUT2D eigenvalue weighted by Crippen LogP contribution is -2.03. The number of anilines is 1. The molecule has 0 fully saturated rings. The Bertz CT molecular complexity index is 701. The molecule has 0 unspecified atom stereocenters. The van der Waals surface area contributed by atoms with Gasteiger partial charge in [0.1, 0.15) is 12.4 Å². The van der Waals surface area contributed by atoms with E-state index >= 15 is 0 Å². The maximum atomic E-state index is 12.6. The van der Waals surface area contributed by atoms with Gasteiger partial charge in [0.05, 0.1) is 9.79 Å². The first-order valence-electron chi connectivity index (χ1n) is 7.11. The Balaban J connectivity index is 2.20. The molecule has 0 heterocycles. The Morgan fingerprint density at radius 1 is 0.913 bits per heavy atom. The van der Waals surface area contributed by atoms with Crippen LogP contribution in [0.4, 0.5) is 5.69 Å². The van der Waals surface area contributed by atoms with Crippen LogP contribution in [-0.4, -0.2) is 21.6 Å². The zero-order valence-corrected chi connectivity index (χ0v) is 13.6. The van der Waals surface area contributed by atoms with E-state index in [-0.39, 0.29) is 9.79 Å². The van der Waals surface area contributed by atoms with Gasteiger partial charge in [-0.05, 0) is 48.5 Å². The average Bonchev–Trinajstić information content (AvgIpc) is 2.59. The topological polar surface area (TPSA) is 55.4 Å². The predicted molar refractivity (Wildman–Crippen MR) is 92.7 cm³/mol. The van der Waals surface area contributed by atoms with Crippen molar-refractivity contribution in [3.8, 4) is 5.75 Å². The van der Waals surface area contributed by atoms with Crippen LogP contribution in [0.5, 0.6) is 5.75 Å². The molecule has 2 aromatic carbocycles. The molecule has 0 spiro atoms. The number of hydrogen-bond acceptors (Lipinski definition) is 4. The smallest absolute Gasteiger partial charge is 0.206 e. The third-order valence-corrected chi connectivity index (χ3v) is 4.90. The fourth-order valence-electron chi connectivity index (χ4n) is 1.95. The van der Waals surface area contributed by atoms with Gasteiger partial charge in [-0.1, -0.05) is 18.7 Å². The van der Waals surface area contributed by atoms with Crippen molar-refractivity contribution in [1.82, 2.24) is 0 Å². The van der Waals surface area contributed by atoms with Crippen LogP contribution >= 0.6 is 0 Å². The van der Waals surface area contributed by atoms with Crippen molar-refractivity contribution >= 4 is 15.5 Å². The highest BCUT2D eigenvalue weighted by Crippen LogP contribution is 2.24. The summed E-state index contributed by atoms with van der Waals surface area (Å²) in [6.07, 6.45) is 3.37. The highest BCUT2D eigenvalue weighted by atomic mass is 32.2. The second-order valence-electron chi connectivity index (χ2n) is 4.77. The lowest BCUT2D eigenvalue weighted by Gasteiger charge is -2.08. The molecule has 0 aliphatic heterocycles. The number of rotatable bonds is 8. The van der Waals surface area contributed by atoms with E-state index in [1.165, 1.54) is 12.1 Å². The van der Waals surface area contributed by atoms with Gasteiger partial charge in [0.2, 0.25) is 9.84 Å². The molecule has 23 heavy (non-hydrogen) atoms. The molecule has 0 bridgehead atoms. The summed E-state index contributed by atoms with van der Waals surface area (Å²) in [5.74, 6) is 0.604. The first kappa shape index (κ1) is 16.8. The summed E-state index contributed by atoms with van der Waals surface area (Å²) in [6, 6.07) is 13.0. The van der Waals surface area contributed by atoms with Gasteiger partial charge in [-0.2, -0.15) is 0 Å². The van der Waals surface area contributed by atoms with Gasteiger partial charge < -0.3 is 10.1 Å². The Morgan fingerprint density at radius 3 is 2.00 bits per heavy atom. The van der Waals surface area contributed by atoms with Crippen LogP contribution in [0.2, 0.25) is 0 Å². The van der Waals surface area contributed by atoms with Crippen LogP contribution < -0.4 is 10.1 Å². The Morgan fingerprint density at radius 2 is 1.48 bits per heavy atom. The average molecular weight is 329 g/mol. The molecule has 5 heteroatoms. The van der Waals surface area contributed by atoms with Crippen molar-refractivity contribution in [2.24, 2.45) is 0 Å². The maximum Gasteiger partial charge on any atom is 0.206 e. The second kappa shape index (κ2) is 7.65. The SMILES string of the molecule is C=CCNc1ccc(S(=O)(=O)c2ccc(OCC=C)cc2)cc1. The van der Waals surface area contributed by atoms with Gasteiger partial charge in [0, 0.05) is 12.2 Å². The molecule has 0 aliphatic carbocycles. The normalized spacial score (nSPS) is 10.8. The number of benzene rings is 2. The summed E-state index contributed by atoms with van der Waals surface area (Å²) < 4.78 is 30.5. The fraction of sp³-hybridized carbons (Fsp3) is 0.111. The molecule has 0 atom stereocenters. The molecule has 2 aromatic rings. The Hall–Kier alpha value is -2.53. The number of nitrogens with one attached hydrogen (secondary N) is 1. The lowest BCUT2D eigenvalue weighted by molar-refractivity contribution is 0.363. The molecule has 2 rings (SSSR count). The van der Waals surface area contributed by atoms with E-state index in [2.05, 4.69) is 18.5 Å². The van der Waals surface area contributed by atoms with Crippen molar-refractivity contribution in [2.45, 2.75) is 9.79 Å². The van der Waals surface area contributed by atoms with E-state index in [9.17, 15) is 8.42 Å². The number of sulfone groups is 1. The van der Waals surface area contributed by atoms with Crippen molar-refractivity contribution < 1.29 is 13.2 Å². The van der Waals surface area contributed by atoms with E-state index < -0.39 is 9.84 Å². The van der Waals surface area contributed by atoms with E-state index in [1.54, 1.807) is 48.6 Å². The van der Waals surface area contributed by atoms with Gasteiger partial charge >= 0.3 is 0 Å². The molecule has 4 nitrogen and oxygen atoms in total. The van der Waals surface area contributed by atoms with E-state index in [4.69, 9.17) is 4.74 Å². The summed E-state index contributed by atoms with van der Waals surface area (Å²) in [4.78, 5) is 0.483. The largest absolute Gasteiger partial charge is 0.490 e. The van der Waals surface area contributed by atoms with Crippen molar-refractivity contribution in [1.29, 1.82) is 0 Å². The molecule has 0 saturated carbocycles. The summed E-state index contributed by atoms with van der Waals surface area (Å²) in [7, 11) is -3.54. The van der Waals surface area contributed by atoms with Crippen LogP contribution in [0.3, 0.4) is 0 Å². The standard InChI is InChI=1S/C18H19NO3S/c1-3-13-19-15-5-9-17(10-6-15)23(20,21)18-11-7-16(8-12-18)22-14-4-2/h3-12,19H,1-2,13-14H2. The third-order valence-electron chi connectivity index (χ3n) is 3.12. The van der Waals surface area contributed by atoms with Gasteiger partial charge in [-0.15, -0.1) is 6.58 Å². The molecule has 0 radical (unpaired) electrons. The minimum Gasteiger partial charge on any atom is -0.490 e. The van der Waals surface area contributed by atoms with Crippen molar-refractivity contribution in [3.63, 3.8) is 0 Å². The summed E-state index contributed by atoms with van der Waals surface area (Å²) in [5.41, 5.74) is 0.844. The molecular weight excluding hydrogens is 310 g/mol. The van der Waals surface area contributed by atoms with Crippen LogP contribution in [0.25, 0.3) is 0 Å². The first-order chi connectivity index (χ1) is 11.1. The van der Waals surface area contributed by atoms with Crippen LogP contribution in [0.15, 0.2) is 83.6 Å². The van der Waals surface area contributed by atoms with Crippen LogP contribution in [-0.2, 0) is 9.84 Å². The minimum atomic E-state index is -3.54. The molecule has 120 valence electrons. The van der Waals surface area contributed by atoms with Gasteiger partial charge in [-0.3, -0.25) is 0 Å². The van der Waals surface area contributed by atoms with Crippen molar-refractivity contribution in [3.05, 3.63) is 73.8 Å². The third kappa shape index (κ3) is 4.23. The van der Waals surface area contributed by atoms with Crippen molar-refractivity contribution in [2.75, 3.05) is 18.5 Å². The molecule has 1 N–H and O–H groups in total. The summed E-state index contributed by atoms with van der Waals surface area (Å²) >= 11 is 0. The van der Waals surface area contributed by atoms with Crippen LogP contribution in [0, 0.1) is 0 Å². The van der Waals surface area contributed by atoms with E-state index in [0.29, 0.717) is 18.9 Å². The highest BCUT2D eigenvalue weighted by Gasteiger charge is 2.17. The number of hydrogen-bond donors (Lipinski definition) is 1. The highest BCUT2D eigenvalue weighted by molar-refractivity contribution is 7.91. The van der Waals surface area contributed by atoms with Gasteiger partial charge in [0.25, 0.3) is 0 Å². The molecule has 0 aliphatic rings. The van der Waals surface area contributed by atoms with Gasteiger partial charge in [0.15, 0.2) is 0 Å². The van der Waals surface area contributed by atoms with Gasteiger partial charge in [-0.25, -0.2) is 8.42 Å². The molecule has 0 aromatic heterocycles. The summed E-state index contributed by atoms with van der Waals surface area (Å²) in [6.45, 7) is 8.19. The van der Waals surface area contributed by atoms with Crippen LogP contribution in [0.1, 0.15) is 0 Å². The Labute approximate surface area is 137 Å². The maximum absolute atomic E-state index is 12.6. The molecule has 0 amide bonds. The predicted octanol–water partition coefficient (Wildman–Crippen LogP) is 3.68. The molecular formula is C18H19NO3S. The Kier molecular flexibility index (Phi) is 5.60. The van der Waals surface area contributed by atoms with E-state index in [0.717, 1.165) is 5.69 Å². The van der Waals surface area contributed by atoms with E-state index in [1.807, 2.05) is 0 Å². The quantitative estimate of drug-likeness (QED) is 0.751.